The first-order chi connectivity index (χ1) is 17.9. The number of nitrogens with two attached hydrogens (primary N) is 1. The summed E-state index contributed by atoms with van der Waals surface area (Å²) in [4.78, 5) is 14.8. The van der Waals surface area contributed by atoms with E-state index in [1.54, 1.807) is 14.2 Å². The molecule has 0 saturated carbocycles. The van der Waals surface area contributed by atoms with Crippen molar-refractivity contribution in [3.63, 3.8) is 0 Å². The molecule has 0 aliphatic heterocycles. The second-order valence-corrected chi connectivity index (χ2v) is 7.42. The number of anilines is 1. The number of nitrogens with one attached hydrogen (secondary N) is 1. The molecule has 0 bridgehead atoms. The Kier molecular flexibility index (Phi) is 10.1. The normalized spacial score (nSPS) is 10.1. The highest BCUT2D eigenvalue weighted by Crippen LogP contribution is 2.17. The molecule has 194 valence electrons. The van der Waals surface area contributed by atoms with Gasteiger partial charge in [0.15, 0.2) is 22.6 Å². The van der Waals surface area contributed by atoms with E-state index < -0.39 is 11.6 Å². The lowest BCUT2D eigenvalue weighted by molar-refractivity contribution is 0.278. The lowest BCUT2D eigenvalue weighted by Gasteiger charge is -2.07. The van der Waals surface area contributed by atoms with Gasteiger partial charge in [0.2, 0.25) is 0 Å². The maximum absolute atomic E-state index is 13.1. The molecule has 0 amide bonds. The van der Waals surface area contributed by atoms with E-state index in [9.17, 15) is 8.78 Å². The lowest BCUT2D eigenvalue weighted by atomic mass is 10.2. The number of nitrogens with zero attached hydrogens (tertiary/aromatic N) is 4. The van der Waals surface area contributed by atoms with Crippen molar-refractivity contribution in [3.05, 3.63) is 88.8 Å². The van der Waals surface area contributed by atoms with Crippen molar-refractivity contribution in [2.45, 2.75) is 13.2 Å². The van der Waals surface area contributed by atoms with Crippen LogP contribution in [0.5, 0.6) is 23.5 Å². The number of benzene rings is 2. The first kappa shape index (κ1) is 27.3. The van der Waals surface area contributed by atoms with Crippen molar-refractivity contribution in [3.8, 4) is 23.5 Å². The molecular weight excluding hydrogens is 510 g/mol. The fourth-order valence-electron chi connectivity index (χ4n) is 2.74. The molecular formula is C24H23ClF2N6O4. The van der Waals surface area contributed by atoms with E-state index in [0.717, 1.165) is 35.0 Å². The Hall–Kier alpha value is -4.29. The van der Waals surface area contributed by atoms with Gasteiger partial charge >= 0.3 is 12.0 Å². The third kappa shape index (κ3) is 8.40. The van der Waals surface area contributed by atoms with E-state index in [1.807, 2.05) is 48.5 Å². The third-order valence-corrected chi connectivity index (χ3v) is 4.81. The summed E-state index contributed by atoms with van der Waals surface area (Å²) in [5.41, 5.74) is 3.90. The molecule has 0 unspecified atom stereocenters. The molecule has 0 atom stereocenters. The van der Waals surface area contributed by atoms with Gasteiger partial charge in [0.05, 0.1) is 26.6 Å². The average Bonchev–Trinajstić information content (AvgIpc) is 2.93. The zero-order chi connectivity index (χ0) is 26.6. The van der Waals surface area contributed by atoms with Crippen LogP contribution in [0, 0.1) is 11.6 Å². The molecule has 0 spiro atoms. The van der Waals surface area contributed by atoms with Crippen LogP contribution < -0.4 is 30.2 Å². The van der Waals surface area contributed by atoms with Gasteiger partial charge in [-0.1, -0.05) is 35.9 Å². The summed E-state index contributed by atoms with van der Waals surface area (Å²) in [6.45, 7) is 0.492. The molecule has 37 heavy (non-hydrogen) atoms. The molecule has 13 heteroatoms. The predicted molar refractivity (Wildman–Crippen MR) is 131 cm³/mol. The predicted octanol–water partition coefficient (Wildman–Crippen LogP) is 4.35. The van der Waals surface area contributed by atoms with Gasteiger partial charge in [-0.25, -0.2) is 24.6 Å². The summed E-state index contributed by atoms with van der Waals surface area (Å²) in [5, 5.41) is -0.259. The van der Waals surface area contributed by atoms with E-state index in [2.05, 4.69) is 25.4 Å². The standard InChI is InChI=1S/C12H10ClFN2O2.C12H13FN4O2/c1-17-9-4-2-3-8(5-9)7-18-12-15-6-10(14)11(13)16-12;1-18-9-4-2-3-8(5-9)7-19-12-15-6-10(13)11(16-12)17-14/h2-6H,7H2,1H3;2-6H,7,14H2,1H3,(H,15,16,17). The minimum Gasteiger partial charge on any atom is -0.497 e. The van der Waals surface area contributed by atoms with E-state index in [4.69, 9.17) is 36.4 Å². The topological polar surface area (TPSA) is 127 Å². The molecule has 4 aromatic rings. The summed E-state index contributed by atoms with van der Waals surface area (Å²) in [6, 6.07) is 14.8. The number of hydrogen-bond donors (Lipinski definition) is 2. The zero-order valence-electron chi connectivity index (χ0n) is 19.8. The molecule has 0 radical (unpaired) electrons. The SMILES string of the molecule is COc1cccc(COc2ncc(F)c(Cl)n2)c1.COc1cccc(COc2ncc(F)c(NN)n2)c1. The summed E-state index contributed by atoms with van der Waals surface area (Å²) >= 11 is 5.52. The molecule has 0 aliphatic rings. The first-order valence-electron chi connectivity index (χ1n) is 10.6. The van der Waals surface area contributed by atoms with E-state index in [1.165, 1.54) is 0 Å². The maximum Gasteiger partial charge on any atom is 0.318 e. The zero-order valence-corrected chi connectivity index (χ0v) is 20.6. The summed E-state index contributed by atoms with van der Waals surface area (Å²) in [6.07, 6.45) is 1.96. The summed E-state index contributed by atoms with van der Waals surface area (Å²) in [7, 11) is 3.17. The average molecular weight is 533 g/mol. The van der Waals surface area contributed by atoms with Crippen molar-refractivity contribution in [2.75, 3.05) is 19.6 Å². The Morgan fingerprint density at radius 1 is 0.811 bits per heavy atom. The molecule has 10 nitrogen and oxygen atoms in total. The third-order valence-electron chi connectivity index (χ3n) is 4.54. The van der Waals surface area contributed by atoms with E-state index in [0.29, 0.717) is 0 Å². The molecule has 2 heterocycles. The second-order valence-electron chi connectivity index (χ2n) is 7.07. The van der Waals surface area contributed by atoms with Crippen LogP contribution in [0.1, 0.15) is 11.1 Å². The number of halogens is 3. The molecule has 0 aliphatic carbocycles. The van der Waals surface area contributed by atoms with Gasteiger partial charge < -0.3 is 24.4 Å². The summed E-state index contributed by atoms with van der Waals surface area (Å²) < 4.78 is 46.8. The number of ether oxygens (including phenoxy) is 4. The monoisotopic (exact) mass is 532 g/mol. The van der Waals surface area contributed by atoms with Crippen LogP contribution in [0.2, 0.25) is 5.15 Å². The quantitative estimate of drug-likeness (QED) is 0.182. The number of aromatic nitrogens is 4. The Morgan fingerprint density at radius 2 is 1.32 bits per heavy atom. The largest absolute Gasteiger partial charge is 0.497 e. The lowest BCUT2D eigenvalue weighted by Crippen LogP contribution is -2.12. The highest BCUT2D eigenvalue weighted by molar-refractivity contribution is 6.29. The highest BCUT2D eigenvalue weighted by atomic mass is 35.5. The van der Waals surface area contributed by atoms with Crippen molar-refractivity contribution >= 4 is 17.4 Å². The Balaban J connectivity index is 0.000000206. The van der Waals surface area contributed by atoms with Crippen molar-refractivity contribution in [1.82, 2.24) is 19.9 Å². The number of rotatable bonds is 9. The minimum atomic E-state index is -0.676. The van der Waals surface area contributed by atoms with E-state index in [-0.39, 0.29) is 36.2 Å². The fraction of sp³-hybridized carbons (Fsp3) is 0.167. The molecule has 2 aromatic carbocycles. The van der Waals surface area contributed by atoms with Crippen molar-refractivity contribution < 1.29 is 27.7 Å². The number of hydrazine groups is 1. The Bertz CT molecular complexity index is 1320. The van der Waals surface area contributed by atoms with Crippen LogP contribution in [0.25, 0.3) is 0 Å². The van der Waals surface area contributed by atoms with Crippen LogP contribution in [0.3, 0.4) is 0 Å². The van der Waals surface area contributed by atoms with Gasteiger partial charge in [0.25, 0.3) is 0 Å². The second kappa shape index (κ2) is 13.7. The molecule has 3 N–H and O–H groups in total. The first-order valence-corrected chi connectivity index (χ1v) is 11.0. The van der Waals surface area contributed by atoms with Crippen LogP contribution in [0.4, 0.5) is 14.6 Å². The van der Waals surface area contributed by atoms with Crippen LogP contribution in [-0.2, 0) is 13.2 Å². The van der Waals surface area contributed by atoms with Crippen LogP contribution in [-0.4, -0.2) is 34.2 Å². The Morgan fingerprint density at radius 3 is 1.81 bits per heavy atom. The van der Waals surface area contributed by atoms with Crippen LogP contribution in [0.15, 0.2) is 60.9 Å². The van der Waals surface area contributed by atoms with Gasteiger partial charge in [-0.2, -0.15) is 9.97 Å². The van der Waals surface area contributed by atoms with Crippen LogP contribution >= 0.6 is 11.6 Å². The smallest absolute Gasteiger partial charge is 0.318 e. The highest BCUT2D eigenvalue weighted by Gasteiger charge is 2.07. The minimum absolute atomic E-state index is 0.0317. The van der Waals surface area contributed by atoms with Gasteiger partial charge in [0.1, 0.15) is 24.7 Å². The van der Waals surface area contributed by atoms with Gasteiger partial charge in [-0.15, -0.1) is 0 Å². The van der Waals surface area contributed by atoms with Gasteiger partial charge in [0, 0.05) is 0 Å². The fourth-order valence-corrected chi connectivity index (χ4v) is 2.86. The maximum atomic E-state index is 13.1. The number of hydrogen-bond acceptors (Lipinski definition) is 10. The number of nitrogen functional groups attached to an aromatic ring is 1. The molecule has 2 aromatic heterocycles. The Labute approximate surface area is 216 Å². The van der Waals surface area contributed by atoms with Gasteiger partial charge in [-0.3, -0.25) is 0 Å². The molecule has 4 rings (SSSR count). The van der Waals surface area contributed by atoms with Gasteiger partial charge in [-0.05, 0) is 35.4 Å². The molecule has 0 fully saturated rings. The van der Waals surface area contributed by atoms with Crippen molar-refractivity contribution in [2.24, 2.45) is 5.84 Å². The summed E-state index contributed by atoms with van der Waals surface area (Å²) in [5.74, 6) is 5.14. The molecule has 0 saturated heterocycles. The number of methoxy groups -OCH3 is 2. The van der Waals surface area contributed by atoms with Crippen molar-refractivity contribution in [1.29, 1.82) is 0 Å². The van der Waals surface area contributed by atoms with E-state index >= 15 is 0 Å².